The van der Waals surface area contributed by atoms with E-state index < -0.39 is 0 Å². The van der Waals surface area contributed by atoms with Crippen molar-refractivity contribution in [3.8, 4) is 11.5 Å². The summed E-state index contributed by atoms with van der Waals surface area (Å²) in [6, 6.07) is 14.0. The van der Waals surface area contributed by atoms with Crippen molar-refractivity contribution in [1.29, 1.82) is 0 Å². The first kappa shape index (κ1) is 11.6. The van der Waals surface area contributed by atoms with Crippen molar-refractivity contribution in [1.82, 2.24) is 0 Å². The zero-order valence-electron chi connectivity index (χ0n) is 9.98. The largest absolute Gasteiger partial charge is 0.457 e. The Morgan fingerprint density at radius 2 is 1.59 bits per heavy atom. The van der Waals surface area contributed by atoms with Crippen LogP contribution in [-0.2, 0) is 0 Å². The molecule has 17 heavy (non-hydrogen) atoms. The van der Waals surface area contributed by atoms with E-state index in [1.807, 2.05) is 18.2 Å². The van der Waals surface area contributed by atoms with E-state index in [2.05, 4.69) is 19.9 Å². The maximum Gasteiger partial charge on any atom is 0.130 e. The van der Waals surface area contributed by atoms with Gasteiger partial charge in [0.15, 0.2) is 0 Å². The Hall–Kier alpha value is -1.83. The van der Waals surface area contributed by atoms with Crippen molar-refractivity contribution in [3.63, 3.8) is 0 Å². The zero-order chi connectivity index (χ0) is 12.3. The van der Waals surface area contributed by atoms with Crippen LogP contribution in [0.2, 0.25) is 0 Å². The fourth-order valence-corrected chi connectivity index (χ4v) is 1.60. The predicted molar refractivity (Wildman–Crippen MR) is 67.0 cm³/mol. The summed E-state index contributed by atoms with van der Waals surface area (Å²) in [4.78, 5) is 0. The molecule has 0 spiro atoms. The summed E-state index contributed by atoms with van der Waals surface area (Å²) >= 11 is 0. The second kappa shape index (κ2) is 5.00. The Labute approximate surface area is 101 Å². The third kappa shape index (κ3) is 3.06. The molecule has 88 valence electrons. The topological polar surface area (TPSA) is 9.23 Å². The molecule has 0 atom stereocenters. The first-order chi connectivity index (χ1) is 8.15. The Morgan fingerprint density at radius 3 is 2.24 bits per heavy atom. The summed E-state index contributed by atoms with van der Waals surface area (Å²) in [5, 5.41) is 0. The van der Waals surface area contributed by atoms with Gasteiger partial charge in [-0.05, 0) is 35.7 Å². The van der Waals surface area contributed by atoms with Crippen LogP contribution in [-0.4, -0.2) is 0 Å². The molecule has 0 aliphatic heterocycles. The molecule has 0 unspecified atom stereocenters. The first-order valence-corrected chi connectivity index (χ1v) is 5.68. The van der Waals surface area contributed by atoms with Crippen molar-refractivity contribution in [2.75, 3.05) is 0 Å². The van der Waals surface area contributed by atoms with Gasteiger partial charge >= 0.3 is 0 Å². The third-order valence-electron chi connectivity index (χ3n) is 2.56. The van der Waals surface area contributed by atoms with Gasteiger partial charge in [0.1, 0.15) is 17.3 Å². The maximum atomic E-state index is 13.0. The number of hydrogen-bond donors (Lipinski definition) is 0. The molecule has 0 aliphatic carbocycles. The molecular formula is C15H15FO. The average molecular weight is 230 g/mol. The van der Waals surface area contributed by atoms with E-state index in [0.717, 1.165) is 5.75 Å². The monoisotopic (exact) mass is 230 g/mol. The lowest BCUT2D eigenvalue weighted by atomic mass is 10.0. The van der Waals surface area contributed by atoms with Crippen LogP contribution in [0.3, 0.4) is 0 Å². The van der Waals surface area contributed by atoms with E-state index in [4.69, 9.17) is 4.74 Å². The molecule has 2 rings (SSSR count). The maximum absolute atomic E-state index is 13.0. The third-order valence-corrected chi connectivity index (χ3v) is 2.56. The lowest BCUT2D eigenvalue weighted by Gasteiger charge is -2.09. The molecule has 0 heterocycles. The predicted octanol–water partition coefficient (Wildman–Crippen LogP) is 4.74. The van der Waals surface area contributed by atoms with Gasteiger partial charge in [-0.25, -0.2) is 4.39 Å². The second-order valence-corrected chi connectivity index (χ2v) is 4.29. The van der Waals surface area contributed by atoms with Crippen LogP contribution < -0.4 is 4.74 Å². The van der Waals surface area contributed by atoms with Crippen LogP contribution in [0.25, 0.3) is 0 Å². The summed E-state index contributed by atoms with van der Waals surface area (Å²) in [6.45, 7) is 4.25. The van der Waals surface area contributed by atoms with Gasteiger partial charge in [-0.1, -0.05) is 32.0 Å². The molecule has 0 aliphatic rings. The Morgan fingerprint density at radius 1 is 0.941 bits per heavy atom. The van der Waals surface area contributed by atoms with E-state index in [9.17, 15) is 4.39 Å². The van der Waals surface area contributed by atoms with Crippen molar-refractivity contribution in [2.24, 2.45) is 0 Å². The lowest BCUT2D eigenvalue weighted by molar-refractivity contribution is 0.475. The molecule has 2 aromatic carbocycles. The van der Waals surface area contributed by atoms with Gasteiger partial charge in [-0.3, -0.25) is 0 Å². The minimum absolute atomic E-state index is 0.289. The highest BCUT2D eigenvalue weighted by Crippen LogP contribution is 2.25. The first-order valence-electron chi connectivity index (χ1n) is 5.68. The smallest absolute Gasteiger partial charge is 0.130 e. The Kier molecular flexibility index (Phi) is 3.43. The van der Waals surface area contributed by atoms with Crippen LogP contribution in [0.5, 0.6) is 11.5 Å². The molecule has 2 aromatic rings. The quantitative estimate of drug-likeness (QED) is 0.739. The molecule has 0 radical (unpaired) electrons. The normalized spacial score (nSPS) is 10.6. The fraction of sp³-hybridized carbons (Fsp3) is 0.200. The van der Waals surface area contributed by atoms with Crippen molar-refractivity contribution >= 4 is 0 Å². The number of ether oxygens (including phenoxy) is 1. The van der Waals surface area contributed by atoms with Crippen LogP contribution >= 0.6 is 0 Å². The molecule has 0 saturated heterocycles. The second-order valence-electron chi connectivity index (χ2n) is 4.29. The zero-order valence-corrected chi connectivity index (χ0v) is 9.98. The lowest BCUT2D eigenvalue weighted by Crippen LogP contribution is -1.89. The van der Waals surface area contributed by atoms with Crippen LogP contribution in [0.1, 0.15) is 25.3 Å². The van der Waals surface area contributed by atoms with Gasteiger partial charge in [0.25, 0.3) is 0 Å². The van der Waals surface area contributed by atoms with Crippen molar-refractivity contribution in [2.45, 2.75) is 19.8 Å². The van der Waals surface area contributed by atoms with Gasteiger partial charge in [0.05, 0.1) is 0 Å². The highest BCUT2D eigenvalue weighted by atomic mass is 19.1. The van der Waals surface area contributed by atoms with E-state index in [0.29, 0.717) is 11.7 Å². The molecule has 2 heteroatoms. The summed E-state index contributed by atoms with van der Waals surface area (Å²) < 4.78 is 18.6. The highest BCUT2D eigenvalue weighted by molar-refractivity contribution is 5.35. The molecule has 0 aromatic heterocycles. The molecule has 1 nitrogen and oxygen atoms in total. The van der Waals surface area contributed by atoms with Gasteiger partial charge in [-0.15, -0.1) is 0 Å². The van der Waals surface area contributed by atoms with E-state index >= 15 is 0 Å². The van der Waals surface area contributed by atoms with Crippen LogP contribution in [0.4, 0.5) is 4.39 Å². The van der Waals surface area contributed by atoms with Gasteiger partial charge in [0, 0.05) is 6.07 Å². The fourth-order valence-electron chi connectivity index (χ4n) is 1.60. The minimum Gasteiger partial charge on any atom is -0.457 e. The highest BCUT2D eigenvalue weighted by Gasteiger charge is 2.02. The number of halogens is 1. The number of benzene rings is 2. The van der Waals surface area contributed by atoms with Gasteiger partial charge in [0.2, 0.25) is 0 Å². The summed E-state index contributed by atoms with van der Waals surface area (Å²) in [7, 11) is 0. The standard InChI is InChI=1S/C15H15FO/c1-11(2)12-5-3-7-14(9-12)17-15-8-4-6-13(16)10-15/h3-11H,1-2H3. The van der Waals surface area contributed by atoms with E-state index in [-0.39, 0.29) is 5.82 Å². The molecule has 0 saturated carbocycles. The van der Waals surface area contributed by atoms with Gasteiger partial charge < -0.3 is 4.74 Å². The molecule has 0 fully saturated rings. The SMILES string of the molecule is CC(C)c1cccc(Oc2cccc(F)c2)c1. The molecular weight excluding hydrogens is 215 g/mol. The molecule has 0 bridgehead atoms. The van der Waals surface area contributed by atoms with E-state index in [1.54, 1.807) is 12.1 Å². The van der Waals surface area contributed by atoms with Gasteiger partial charge in [-0.2, -0.15) is 0 Å². The summed E-state index contributed by atoms with van der Waals surface area (Å²) in [5.41, 5.74) is 1.21. The minimum atomic E-state index is -0.289. The average Bonchev–Trinajstić information content (AvgIpc) is 2.29. The Bertz CT molecular complexity index is 506. The van der Waals surface area contributed by atoms with Crippen molar-refractivity contribution in [3.05, 3.63) is 59.9 Å². The van der Waals surface area contributed by atoms with Crippen LogP contribution in [0, 0.1) is 5.82 Å². The van der Waals surface area contributed by atoms with E-state index in [1.165, 1.54) is 17.7 Å². The number of hydrogen-bond acceptors (Lipinski definition) is 1. The number of rotatable bonds is 3. The molecule has 0 amide bonds. The summed E-state index contributed by atoms with van der Waals surface area (Å²) in [6.07, 6.45) is 0. The molecule has 0 N–H and O–H groups in total. The van der Waals surface area contributed by atoms with Crippen LogP contribution in [0.15, 0.2) is 48.5 Å². The summed E-state index contributed by atoms with van der Waals surface area (Å²) in [5.74, 6) is 1.42. The van der Waals surface area contributed by atoms with Crippen molar-refractivity contribution < 1.29 is 9.13 Å². The Balaban J connectivity index is 2.21.